The first-order chi connectivity index (χ1) is 16.1. The van der Waals surface area contributed by atoms with Gasteiger partial charge in [-0.25, -0.2) is 4.79 Å². The Morgan fingerprint density at radius 1 is 1.21 bits per heavy atom. The van der Waals surface area contributed by atoms with Crippen LogP contribution in [0.15, 0.2) is 55.1 Å². The first kappa shape index (κ1) is 22.5. The van der Waals surface area contributed by atoms with Gasteiger partial charge in [-0.1, -0.05) is 12.1 Å². The quantitative estimate of drug-likeness (QED) is 0.406. The van der Waals surface area contributed by atoms with E-state index in [0.717, 1.165) is 34.4 Å². The third kappa shape index (κ3) is 5.95. The topological polar surface area (TPSA) is 110 Å². The zero-order chi connectivity index (χ0) is 23.0. The summed E-state index contributed by atoms with van der Waals surface area (Å²) < 4.78 is 5.45. The number of aryl methyl sites for hydroxylation is 1. The van der Waals surface area contributed by atoms with Gasteiger partial charge in [0.2, 0.25) is 5.91 Å². The van der Waals surface area contributed by atoms with Gasteiger partial charge in [0.15, 0.2) is 0 Å². The van der Waals surface area contributed by atoms with E-state index in [1.54, 1.807) is 35.6 Å². The number of nitrogens with zero attached hydrogens (tertiary/aromatic N) is 3. The molecule has 0 unspecified atom stereocenters. The van der Waals surface area contributed by atoms with Crippen molar-refractivity contribution in [2.24, 2.45) is 0 Å². The number of pyridine rings is 2. The van der Waals surface area contributed by atoms with Gasteiger partial charge in [-0.15, -0.1) is 11.3 Å². The molecule has 0 aliphatic carbocycles. The molecule has 0 aromatic carbocycles. The SMILES string of the molecule is Nc1c(NC(=O)/C=C/c2cccnc2)sc2c1CCN(C(=O)OCCCc1cccnc1)C2. The number of amides is 2. The summed E-state index contributed by atoms with van der Waals surface area (Å²) in [6.07, 6.45) is 11.9. The monoisotopic (exact) mass is 463 g/mol. The van der Waals surface area contributed by atoms with E-state index < -0.39 is 0 Å². The average Bonchev–Trinajstić information content (AvgIpc) is 3.16. The van der Waals surface area contributed by atoms with E-state index in [0.29, 0.717) is 36.8 Å². The molecule has 4 heterocycles. The molecule has 0 saturated carbocycles. The molecule has 0 radical (unpaired) electrons. The number of carbonyl (C=O) groups excluding carboxylic acids is 2. The molecule has 0 saturated heterocycles. The number of hydrogen-bond acceptors (Lipinski definition) is 7. The minimum atomic E-state index is -0.330. The van der Waals surface area contributed by atoms with E-state index in [4.69, 9.17) is 10.5 Å². The number of nitrogens with one attached hydrogen (secondary N) is 1. The second-order valence-electron chi connectivity index (χ2n) is 7.61. The lowest BCUT2D eigenvalue weighted by Gasteiger charge is -2.26. The first-order valence-electron chi connectivity index (χ1n) is 10.7. The van der Waals surface area contributed by atoms with E-state index >= 15 is 0 Å². The molecular formula is C24H25N5O3S. The molecule has 3 N–H and O–H groups in total. The fourth-order valence-electron chi connectivity index (χ4n) is 3.55. The van der Waals surface area contributed by atoms with Gasteiger partial charge in [0.1, 0.15) is 5.00 Å². The van der Waals surface area contributed by atoms with Crippen LogP contribution in [0.4, 0.5) is 15.5 Å². The van der Waals surface area contributed by atoms with Crippen LogP contribution in [-0.2, 0) is 28.9 Å². The second kappa shape index (κ2) is 10.7. The molecule has 0 spiro atoms. The van der Waals surface area contributed by atoms with Crippen LogP contribution in [0.2, 0.25) is 0 Å². The maximum atomic E-state index is 12.5. The summed E-state index contributed by atoms with van der Waals surface area (Å²) in [5.74, 6) is -0.269. The van der Waals surface area contributed by atoms with E-state index in [1.165, 1.54) is 17.4 Å². The minimum Gasteiger partial charge on any atom is -0.449 e. The molecular weight excluding hydrogens is 438 g/mol. The average molecular weight is 464 g/mol. The summed E-state index contributed by atoms with van der Waals surface area (Å²) in [6, 6.07) is 7.57. The van der Waals surface area contributed by atoms with Crippen LogP contribution in [0.1, 0.15) is 28.0 Å². The first-order valence-corrected chi connectivity index (χ1v) is 11.5. The van der Waals surface area contributed by atoms with Gasteiger partial charge >= 0.3 is 6.09 Å². The molecule has 33 heavy (non-hydrogen) atoms. The molecule has 1 aliphatic rings. The van der Waals surface area contributed by atoms with Crippen LogP contribution in [0.3, 0.4) is 0 Å². The number of aromatic nitrogens is 2. The zero-order valence-electron chi connectivity index (χ0n) is 18.1. The van der Waals surface area contributed by atoms with Gasteiger partial charge in [0.05, 0.1) is 18.8 Å². The Hall–Kier alpha value is -3.72. The van der Waals surface area contributed by atoms with Crippen LogP contribution in [0.25, 0.3) is 6.08 Å². The summed E-state index contributed by atoms with van der Waals surface area (Å²) in [5.41, 5.74) is 9.80. The number of anilines is 2. The Morgan fingerprint density at radius 2 is 2.03 bits per heavy atom. The summed E-state index contributed by atoms with van der Waals surface area (Å²) in [4.78, 5) is 35.6. The maximum absolute atomic E-state index is 12.5. The number of ether oxygens (including phenoxy) is 1. The molecule has 1 aliphatic heterocycles. The predicted octanol–water partition coefficient (Wildman–Crippen LogP) is 3.90. The fourth-order valence-corrected chi connectivity index (χ4v) is 4.74. The summed E-state index contributed by atoms with van der Waals surface area (Å²) in [6.45, 7) is 1.31. The highest BCUT2D eigenvalue weighted by Crippen LogP contribution is 2.39. The Morgan fingerprint density at radius 3 is 2.79 bits per heavy atom. The van der Waals surface area contributed by atoms with Crippen LogP contribution in [0.5, 0.6) is 0 Å². The normalized spacial score (nSPS) is 13.0. The highest BCUT2D eigenvalue weighted by atomic mass is 32.1. The lowest BCUT2D eigenvalue weighted by atomic mass is 10.1. The third-order valence-electron chi connectivity index (χ3n) is 5.26. The number of thiophene rings is 1. The summed E-state index contributed by atoms with van der Waals surface area (Å²) in [7, 11) is 0. The smallest absolute Gasteiger partial charge is 0.410 e. The highest BCUT2D eigenvalue weighted by Gasteiger charge is 2.27. The van der Waals surface area contributed by atoms with Gasteiger partial charge in [0.25, 0.3) is 0 Å². The molecule has 0 atom stereocenters. The van der Waals surface area contributed by atoms with E-state index in [1.807, 2.05) is 24.4 Å². The number of carbonyl (C=O) groups is 2. The van der Waals surface area contributed by atoms with Crippen LogP contribution in [0, 0.1) is 0 Å². The Labute approximate surface area is 196 Å². The number of nitrogens with two attached hydrogens (primary N) is 1. The molecule has 9 heteroatoms. The van der Waals surface area contributed by atoms with Crippen LogP contribution < -0.4 is 11.1 Å². The zero-order valence-corrected chi connectivity index (χ0v) is 18.9. The molecule has 3 aromatic rings. The molecule has 4 rings (SSSR count). The van der Waals surface area contributed by atoms with Gasteiger partial charge in [-0.2, -0.15) is 0 Å². The highest BCUT2D eigenvalue weighted by molar-refractivity contribution is 7.17. The van der Waals surface area contributed by atoms with E-state index in [9.17, 15) is 9.59 Å². The Bertz CT molecular complexity index is 1130. The van der Waals surface area contributed by atoms with E-state index in [-0.39, 0.29) is 12.0 Å². The largest absolute Gasteiger partial charge is 0.449 e. The van der Waals surface area contributed by atoms with Crippen LogP contribution >= 0.6 is 11.3 Å². The van der Waals surface area contributed by atoms with Gasteiger partial charge in [-0.05, 0) is 54.2 Å². The number of nitrogen functional groups attached to an aromatic ring is 1. The van der Waals surface area contributed by atoms with Crippen molar-refractivity contribution in [3.8, 4) is 0 Å². The molecule has 8 nitrogen and oxygen atoms in total. The maximum Gasteiger partial charge on any atom is 0.410 e. The predicted molar refractivity (Wildman–Crippen MR) is 129 cm³/mol. The van der Waals surface area contributed by atoms with Crippen molar-refractivity contribution < 1.29 is 14.3 Å². The lowest BCUT2D eigenvalue weighted by Crippen LogP contribution is -2.36. The lowest BCUT2D eigenvalue weighted by molar-refractivity contribution is -0.111. The molecule has 0 bridgehead atoms. The summed E-state index contributed by atoms with van der Waals surface area (Å²) >= 11 is 1.40. The second-order valence-corrected chi connectivity index (χ2v) is 8.71. The Balaban J connectivity index is 1.29. The van der Waals surface area contributed by atoms with Crippen molar-refractivity contribution in [2.75, 3.05) is 24.2 Å². The van der Waals surface area contributed by atoms with Gasteiger partial charge in [-0.3, -0.25) is 14.8 Å². The molecule has 170 valence electrons. The van der Waals surface area contributed by atoms with Crippen molar-refractivity contribution in [2.45, 2.75) is 25.8 Å². The standard InChI is InChI=1S/C24H25N5O3S/c25-22-19-9-12-29(24(31)32-13-3-6-17-4-1-10-26-14-17)16-20(19)33-23(22)28-21(30)8-7-18-5-2-11-27-15-18/h1-2,4-5,7-8,10-11,14-15H,3,6,9,12-13,16,25H2,(H,28,30)/b8-7+. The van der Waals surface area contributed by atoms with Crippen molar-refractivity contribution >= 4 is 40.1 Å². The van der Waals surface area contributed by atoms with Crippen molar-refractivity contribution in [3.63, 3.8) is 0 Å². The number of fused-ring (bicyclic) bond motifs is 1. The van der Waals surface area contributed by atoms with Crippen molar-refractivity contribution in [1.82, 2.24) is 14.9 Å². The van der Waals surface area contributed by atoms with Gasteiger partial charge in [0, 0.05) is 42.3 Å². The van der Waals surface area contributed by atoms with Crippen molar-refractivity contribution in [3.05, 3.63) is 76.7 Å². The summed E-state index contributed by atoms with van der Waals surface area (Å²) in [5, 5.41) is 3.45. The number of hydrogen-bond donors (Lipinski definition) is 2. The molecule has 3 aromatic heterocycles. The third-order valence-corrected chi connectivity index (χ3v) is 6.41. The minimum absolute atomic E-state index is 0.269. The fraction of sp³-hybridized carbons (Fsp3) is 0.250. The van der Waals surface area contributed by atoms with Gasteiger partial charge < -0.3 is 20.7 Å². The number of rotatable bonds is 7. The molecule has 2 amide bonds. The van der Waals surface area contributed by atoms with Crippen LogP contribution in [-0.4, -0.2) is 40.0 Å². The van der Waals surface area contributed by atoms with E-state index in [2.05, 4.69) is 15.3 Å². The molecule has 0 fully saturated rings. The Kier molecular flexibility index (Phi) is 7.31. The van der Waals surface area contributed by atoms with Crippen molar-refractivity contribution in [1.29, 1.82) is 0 Å².